The van der Waals surface area contributed by atoms with Crippen molar-refractivity contribution in [3.63, 3.8) is 0 Å². The molecule has 3 N–H and O–H groups in total. The Kier molecular flexibility index (Phi) is 3.36. The quantitative estimate of drug-likeness (QED) is 0.814. The molecule has 0 aliphatic rings. The van der Waals surface area contributed by atoms with Gasteiger partial charge < -0.3 is 9.84 Å². The second-order valence-corrected chi connectivity index (χ2v) is 5.74. The number of rotatable bonds is 3. The molecule has 0 spiro atoms. The van der Waals surface area contributed by atoms with Gasteiger partial charge in [0.05, 0.1) is 5.69 Å². The van der Waals surface area contributed by atoms with Gasteiger partial charge >= 0.3 is 0 Å². The van der Waals surface area contributed by atoms with Gasteiger partial charge in [-0.05, 0) is 13.8 Å². The highest BCUT2D eigenvalue weighted by Gasteiger charge is 2.23. The third kappa shape index (κ3) is 2.56. The lowest BCUT2D eigenvalue weighted by Crippen LogP contribution is -2.18. The van der Waals surface area contributed by atoms with E-state index in [0.717, 1.165) is 0 Å². The van der Waals surface area contributed by atoms with E-state index in [0.29, 0.717) is 11.5 Å². The zero-order valence-corrected chi connectivity index (χ0v) is 11.9. The summed E-state index contributed by atoms with van der Waals surface area (Å²) in [5, 5.41) is 15.0. The van der Waals surface area contributed by atoms with Gasteiger partial charge in [-0.15, -0.1) is 0 Å². The Bertz CT molecular complexity index is 754. The van der Waals surface area contributed by atoms with Crippen LogP contribution in [0, 0.1) is 13.8 Å². The van der Waals surface area contributed by atoms with Gasteiger partial charge in [-0.3, -0.25) is 9.48 Å². The molecule has 10 heteroatoms. The molecule has 0 radical (unpaired) electrons. The van der Waals surface area contributed by atoms with Gasteiger partial charge in [-0.2, -0.15) is 5.10 Å². The molecule has 9 nitrogen and oxygen atoms in total. The molecule has 0 saturated carbocycles. The molecular formula is C10H13N5O4S. The predicted molar refractivity (Wildman–Crippen MR) is 68.5 cm³/mol. The van der Waals surface area contributed by atoms with Crippen molar-refractivity contribution in [1.29, 1.82) is 0 Å². The fourth-order valence-electron chi connectivity index (χ4n) is 1.74. The maximum Gasteiger partial charge on any atom is 0.262 e. The first-order chi connectivity index (χ1) is 9.20. The Morgan fingerprint density at radius 1 is 1.45 bits per heavy atom. The van der Waals surface area contributed by atoms with Crippen molar-refractivity contribution in [3.05, 3.63) is 23.2 Å². The van der Waals surface area contributed by atoms with E-state index < -0.39 is 15.9 Å². The predicted octanol–water partition coefficient (Wildman–Crippen LogP) is -0.0754. The van der Waals surface area contributed by atoms with Crippen molar-refractivity contribution in [3.8, 4) is 0 Å². The molecule has 0 fully saturated rings. The average molecular weight is 299 g/mol. The van der Waals surface area contributed by atoms with Gasteiger partial charge in [-0.1, -0.05) is 5.16 Å². The lowest BCUT2D eigenvalue weighted by molar-refractivity contribution is 0.102. The number of primary sulfonamides is 1. The maximum atomic E-state index is 12.1. The third-order valence-electron chi connectivity index (χ3n) is 2.59. The second-order valence-electron chi connectivity index (χ2n) is 4.21. The number of nitrogens with zero attached hydrogens (tertiary/aromatic N) is 3. The van der Waals surface area contributed by atoms with E-state index in [9.17, 15) is 13.2 Å². The maximum absolute atomic E-state index is 12.1. The molecule has 20 heavy (non-hydrogen) atoms. The van der Waals surface area contributed by atoms with Gasteiger partial charge in [0.1, 0.15) is 16.2 Å². The Morgan fingerprint density at radius 2 is 2.10 bits per heavy atom. The van der Waals surface area contributed by atoms with E-state index in [1.54, 1.807) is 13.8 Å². The average Bonchev–Trinajstić information content (AvgIpc) is 2.82. The lowest BCUT2D eigenvalue weighted by atomic mass is 10.2. The highest BCUT2D eigenvalue weighted by Crippen LogP contribution is 2.20. The van der Waals surface area contributed by atoms with Crippen LogP contribution in [0.4, 0.5) is 5.82 Å². The summed E-state index contributed by atoms with van der Waals surface area (Å²) in [5.74, 6) is -0.377. The van der Waals surface area contributed by atoms with Crippen LogP contribution in [0.2, 0.25) is 0 Å². The van der Waals surface area contributed by atoms with Gasteiger partial charge in [0, 0.05) is 13.2 Å². The van der Waals surface area contributed by atoms with E-state index in [2.05, 4.69) is 15.6 Å². The smallest absolute Gasteiger partial charge is 0.262 e. The first kappa shape index (κ1) is 14.2. The van der Waals surface area contributed by atoms with Crippen molar-refractivity contribution in [1.82, 2.24) is 14.9 Å². The number of nitrogens with one attached hydrogen (secondary N) is 1. The summed E-state index contributed by atoms with van der Waals surface area (Å²) in [5.41, 5.74) is 0.629. The van der Waals surface area contributed by atoms with Crippen molar-refractivity contribution in [2.24, 2.45) is 12.2 Å². The molecule has 108 valence electrons. The molecule has 0 bridgehead atoms. The zero-order valence-electron chi connectivity index (χ0n) is 11.0. The minimum absolute atomic E-state index is 0.139. The number of carbonyl (C=O) groups is 1. The minimum Gasteiger partial charge on any atom is -0.361 e. The van der Waals surface area contributed by atoms with Gasteiger partial charge in [0.15, 0.2) is 5.82 Å². The summed E-state index contributed by atoms with van der Waals surface area (Å²) in [4.78, 5) is 11.8. The van der Waals surface area contributed by atoms with Crippen molar-refractivity contribution >= 4 is 21.7 Å². The van der Waals surface area contributed by atoms with Crippen LogP contribution < -0.4 is 10.5 Å². The largest absolute Gasteiger partial charge is 0.361 e. The van der Waals surface area contributed by atoms with Crippen LogP contribution in [0.15, 0.2) is 15.6 Å². The summed E-state index contributed by atoms with van der Waals surface area (Å²) in [6, 6.07) is 0. The van der Waals surface area contributed by atoms with Gasteiger partial charge in [0.25, 0.3) is 5.91 Å². The number of carbonyl (C=O) groups excluding carboxylic acids is 1. The van der Waals surface area contributed by atoms with Crippen LogP contribution >= 0.6 is 0 Å². The van der Waals surface area contributed by atoms with Crippen molar-refractivity contribution in [2.45, 2.75) is 18.7 Å². The molecular weight excluding hydrogens is 286 g/mol. The normalized spacial score (nSPS) is 11.6. The molecule has 0 aliphatic heterocycles. The van der Waals surface area contributed by atoms with Gasteiger partial charge in [-0.25, -0.2) is 13.6 Å². The van der Waals surface area contributed by atoms with Crippen LogP contribution in [0.5, 0.6) is 0 Å². The summed E-state index contributed by atoms with van der Waals surface area (Å²) < 4.78 is 28.9. The van der Waals surface area contributed by atoms with E-state index in [4.69, 9.17) is 9.66 Å². The van der Waals surface area contributed by atoms with Crippen molar-refractivity contribution in [2.75, 3.05) is 5.32 Å². The molecule has 2 aromatic rings. The van der Waals surface area contributed by atoms with Crippen molar-refractivity contribution < 1.29 is 17.7 Å². The first-order valence-corrected chi connectivity index (χ1v) is 7.05. The van der Waals surface area contributed by atoms with Crippen LogP contribution in [0.3, 0.4) is 0 Å². The van der Waals surface area contributed by atoms with Crippen LogP contribution in [0.1, 0.15) is 21.8 Å². The summed E-state index contributed by atoms with van der Waals surface area (Å²) in [6.07, 6.45) is 1.21. The number of aryl methyl sites for hydroxylation is 3. The second kappa shape index (κ2) is 4.72. The van der Waals surface area contributed by atoms with Crippen LogP contribution in [0.25, 0.3) is 0 Å². The van der Waals surface area contributed by atoms with Gasteiger partial charge in [0.2, 0.25) is 10.0 Å². The zero-order chi connectivity index (χ0) is 15.1. The number of amides is 1. The molecule has 2 aromatic heterocycles. The Morgan fingerprint density at radius 3 is 2.60 bits per heavy atom. The lowest BCUT2D eigenvalue weighted by Gasteiger charge is -2.03. The molecule has 2 heterocycles. The molecule has 0 saturated heterocycles. The molecule has 0 aliphatic carbocycles. The van der Waals surface area contributed by atoms with E-state index in [1.807, 2.05) is 0 Å². The summed E-state index contributed by atoms with van der Waals surface area (Å²) in [7, 11) is -2.47. The third-order valence-corrected chi connectivity index (χ3v) is 3.51. The number of sulfonamides is 1. The van der Waals surface area contributed by atoms with E-state index >= 15 is 0 Å². The SMILES string of the molecule is Cc1noc(C)c1C(=O)Nc1nn(C)cc1S(N)(=O)=O. The van der Waals surface area contributed by atoms with Crippen LogP contribution in [-0.2, 0) is 17.1 Å². The monoisotopic (exact) mass is 299 g/mol. The number of hydrogen-bond acceptors (Lipinski definition) is 6. The topological polar surface area (TPSA) is 133 Å². The Labute approximate surface area is 114 Å². The number of hydrogen-bond donors (Lipinski definition) is 2. The Balaban J connectivity index is 2.39. The highest BCUT2D eigenvalue weighted by atomic mass is 32.2. The summed E-state index contributed by atoms with van der Waals surface area (Å²) >= 11 is 0. The van der Waals surface area contributed by atoms with Crippen LogP contribution in [-0.4, -0.2) is 29.3 Å². The number of aromatic nitrogens is 3. The molecule has 2 rings (SSSR count). The highest BCUT2D eigenvalue weighted by molar-refractivity contribution is 7.89. The molecule has 1 amide bonds. The molecule has 0 aromatic carbocycles. The minimum atomic E-state index is -3.98. The molecule has 0 unspecified atom stereocenters. The number of anilines is 1. The van der Waals surface area contributed by atoms with E-state index in [1.165, 1.54) is 17.9 Å². The fourth-order valence-corrected chi connectivity index (χ4v) is 2.40. The standard InChI is InChI=1S/C10H13N5O4S/c1-5-8(6(2)19-14-5)10(16)12-9-7(20(11,17)18)4-15(3)13-9/h4H,1-3H3,(H2,11,17,18)(H,12,13,16). The number of nitrogens with two attached hydrogens (primary N) is 1. The fraction of sp³-hybridized carbons (Fsp3) is 0.300. The van der Waals surface area contributed by atoms with E-state index in [-0.39, 0.29) is 16.3 Å². The Hall–Kier alpha value is -2.20. The molecule has 0 atom stereocenters. The first-order valence-electron chi connectivity index (χ1n) is 5.51. The summed E-state index contributed by atoms with van der Waals surface area (Å²) in [6.45, 7) is 3.18.